The van der Waals surface area contributed by atoms with Crippen LogP contribution in [0, 0.1) is 0 Å². The maximum Gasteiger partial charge on any atom is 0.174 e. The van der Waals surface area contributed by atoms with E-state index in [1.165, 1.54) is 0 Å². The summed E-state index contributed by atoms with van der Waals surface area (Å²) >= 11 is 0. The van der Waals surface area contributed by atoms with Crippen molar-refractivity contribution in [2.45, 2.75) is 6.92 Å². The number of aromatic nitrogens is 1. The van der Waals surface area contributed by atoms with Crippen molar-refractivity contribution in [1.29, 1.82) is 0 Å². The van der Waals surface area contributed by atoms with Crippen LogP contribution in [0.1, 0.15) is 6.92 Å². The lowest BCUT2D eigenvalue weighted by molar-refractivity contribution is -0.568. The minimum Gasteiger partial charge on any atom is -1.00 e. The van der Waals surface area contributed by atoms with Crippen molar-refractivity contribution >= 4 is 6.20 Å². The third-order valence-corrected chi connectivity index (χ3v) is 1.06. The van der Waals surface area contributed by atoms with Gasteiger partial charge in [-0.05, 0) is 13.0 Å². The zero-order valence-electron chi connectivity index (χ0n) is 5.87. The van der Waals surface area contributed by atoms with Crippen LogP contribution in [-0.2, 0) is 0 Å². The van der Waals surface area contributed by atoms with E-state index in [0.717, 1.165) is 0 Å². The molecule has 0 saturated carbocycles. The molecule has 0 saturated heterocycles. The van der Waals surface area contributed by atoms with E-state index < -0.39 is 0 Å². The monoisotopic (exact) mass is 199 g/mol. The molecule has 0 aliphatic heterocycles. The molecule has 0 aliphatic carbocycles. The Labute approximate surface area is 71.8 Å². The number of halogens is 1. The largest absolute Gasteiger partial charge is 1.00 e. The van der Waals surface area contributed by atoms with E-state index in [-0.39, 0.29) is 17.0 Å². The van der Waals surface area contributed by atoms with Gasteiger partial charge in [0.1, 0.15) is 0 Å². The van der Waals surface area contributed by atoms with Crippen LogP contribution in [0.25, 0.3) is 6.20 Å². The highest BCUT2D eigenvalue weighted by molar-refractivity contribution is 5.03. The summed E-state index contributed by atoms with van der Waals surface area (Å²) in [5, 5.41) is 0. The standard InChI is InChI=1S/C8H10N.BrH/c1-2-6-9-7-4-3-5-8-9;/h2-8H,1H3;1H/q+1;/p-1/b6-2+;. The van der Waals surface area contributed by atoms with E-state index in [1.54, 1.807) is 0 Å². The molecule has 0 unspecified atom stereocenters. The molecular formula is C8H10BrN. The Morgan fingerprint density at radius 2 is 1.70 bits per heavy atom. The van der Waals surface area contributed by atoms with Gasteiger partial charge in [-0.1, -0.05) is 6.07 Å². The molecule has 1 heterocycles. The van der Waals surface area contributed by atoms with Gasteiger partial charge in [-0.25, -0.2) is 0 Å². The van der Waals surface area contributed by atoms with Crippen LogP contribution in [0.2, 0.25) is 0 Å². The Hall–Kier alpha value is -0.630. The number of hydrogen-bond acceptors (Lipinski definition) is 0. The van der Waals surface area contributed by atoms with Gasteiger partial charge in [-0.2, -0.15) is 4.57 Å². The molecule has 0 bridgehead atoms. The molecular weight excluding hydrogens is 190 g/mol. The average Bonchev–Trinajstić information content (AvgIpc) is 1.91. The smallest absolute Gasteiger partial charge is 0.174 e. The second-order valence-corrected chi connectivity index (χ2v) is 1.81. The van der Waals surface area contributed by atoms with Crippen LogP contribution in [0.15, 0.2) is 36.7 Å². The van der Waals surface area contributed by atoms with Crippen LogP contribution in [0.5, 0.6) is 0 Å². The minimum atomic E-state index is 0. The van der Waals surface area contributed by atoms with Crippen molar-refractivity contribution in [3.05, 3.63) is 36.7 Å². The molecule has 1 aromatic rings. The van der Waals surface area contributed by atoms with Crippen molar-refractivity contribution in [3.63, 3.8) is 0 Å². The zero-order chi connectivity index (χ0) is 6.53. The number of pyridine rings is 1. The van der Waals surface area contributed by atoms with Gasteiger partial charge in [0.05, 0.1) is 0 Å². The van der Waals surface area contributed by atoms with E-state index in [0.29, 0.717) is 0 Å². The molecule has 1 aromatic heterocycles. The zero-order valence-corrected chi connectivity index (χ0v) is 7.45. The fraction of sp³-hybridized carbons (Fsp3) is 0.125. The van der Waals surface area contributed by atoms with Crippen LogP contribution in [-0.4, -0.2) is 0 Å². The number of hydrogen-bond donors (Lipinski definition) is 0. The fourth-order valence-electron chi connectivity index (χ4n) is 0.683. The van der Waals surface area contributed by atoms with Crippen molar-refractivity contribution in [1.82, 2.24) is 0 Å². The molecule has 0 aliphatic rings. The van der Waals surface area contributed by atoms with Gasteiger partial charge in [0.25, 0.3) is 0 Å². The lowest BCUT2D eigenvalue weighted by atomic mass is 10.5. The van der Waals surface area contributed by atoms with E-state index >= 15 is 0 Å². The van der Waals surface area contributed by atoms with E-state index in [2.05, 4.69) is 0 Å². The molecule has 1 nitrogen and oxygen atoms in total. The summed E-state index contributed by atoms with van der Waals surface area (Å²) in [6.45, 7) is 2.00. The quantitative estimate of drug-likeness (QED) is 0.484. The summed E-state index contributed by atoms with van der Waals surface area (Å²) in [4.78, 5) is 0. The molecule has 54 valence electrons. The van der Waals surface area contributed by atoms with Gasteiger partial charge in [-0.3, -0.25) is 0 Å². The molecule has 1 rings (SSSR count). The second kappa shape index (κ2) is 5.18. The molecule has 0 radical (unpaired) electrons. The second-order valence-electron chi connectivity index (χ2n) is 1.81. The van der Waals surface area contributed by atoms with Crippen LogP contribution < -0.4 is 21.5 Å². The summed E-state index contributed by atoms with van der Waals surface area (Å²) in [6.07, 6.45) is 8.00. The van der Waals surface area contributed by atoms with Crippen molar-refractivity contribution in [2.75, 3.05) is 0 Å². The minimum absolute atomic E-state index is 0. The van der Waals surface area contributed by atoms with Crippen molar-refractivity contribution in [3.8, 4) is 0 Å². The van der Waals surface area contributed by atoms with Gasteiger partial charge >= 0.3 is 0 Å². The van der Waals surface area contributed by atoms with Crippen LogP contribution in [0.3, 0.4) is 0 Å². The highest BCUT2D eigenvalue weighted by atomic mass is 79.9. The first kappa shape index (κ1) is 9.37. The average molecular weight is 200 g/mol. The lowest BCUT2D eigenvalue weighted by Gasteiger charge is -1.80. The Morgan fingerprint density at radius 1 is 1.10 bits per heavy atom. The molecule has 2 heteroatoms. The van der Waals surface area contributed by atoms with E-state index in [1.807, 2.05) is 54.4 Å². The highest BCUT2D eigenvalue weighted by Gasteiger charge is 1.84. The highest BCUT2D eigenvalue weighted by Crippen LogP contribution is 1.76. The van der Waals surface area contributed by atoms with Crippen LogP contribution in [0.4, 0.5) is 0 Å². The number of rotatable bonds is 1. The Balaban J connectivity index is 0.000000810. The molecule has 0 amide bonds. The Bertz CT molecular complexity index is 194. The molecule has 0 fully saturated rings. The summed E-state index contributed by atoms with van der Waals surface area (Å²) in [6, 6.07) is 6.00. The molecule has 10 heavy (non-hydrogen) atoms. The normalized spacial score (nSPS) is 9.30. The molecule has 0 N–H and O–H groups in total. The summed E-state index contributed by atoms with van der Waals surface area (Å²) in [5.74, 6) is 0. The van der Waals surface area contributed by atoms with Gasteiger partial charge in [0, 0.05) is 12.1 Å². The Kier molecular flexibility index (Phi) is 4.85. The summed E-state index contributed by atoms with van der Waals surface area (Å²) in [5.41, 5.74) is 0. The SMILES string of the molecule is C/C=C/[n+]1ccccc1.[Br-]. The van der Waals surface area contributed by atoms with Gasteiger partial charge in [-0.15, -0.1) is 0 Å². The third kappa shape index (κ3) is 2.78. The van der Waals surface area contributed by atoms with Gasteiger partial charge in [0.2, 0.25) is 0 Å². The first-order valence-electron chi connectivity index (χ1n) is 3.02. The number of allylic oxidation sites excluding steroid dienone is 1. The fourth-order valence-corrected chi connectivity index (χ4v) is 0.683. The summed E-state index contributed by atoms with van der Waals surface area (Å²) in [7, 11) is 0. The molecule has 0 aromatic carbocycles. The predicted molar refractivity (Wildman–Crippen MR) is 37.6 cm³/mol. The lowest BCUT2D eigenvalue weighted by Crippen LogP contribution is -3.00. The topological polar surface area (TPSA) is 3.88 Å². The van der Waals surface area contributed by atoms with E-state index in [9.17, 15) is 0 Å². The van der Waals surface area contributed by atoms with Crippen LogP contribution >= 0.6 is 0 Å². The maximum atomic E-state index is 2.00. The first-order valence-corrected chi connectivity index (χ1v) is 3.02. The molecule has 0 spiro atoms. The third-order valence-electron chi connectivity index (χ3n) is 1.06. The first-order chi connectivity index (χ1) is 4.43. The van der Waals surface area contributed by atoms with Crippen molar-refractivity contribution in [2.24, 2.45) is 0 Å². The summed E-state index contributed by atoms with van der Waals surface area (Å²) < 4.78 is 2.00. The number of nitrogens with zero attached hydrogens (tertiary/aromatic N) is 1. The molecule has 0 atom stereocenters. The van der Waals surface area contributed by atoms with Crippen molar-refractivity contribution < 1.29 is 21.5 Å². The van der Waals surface area contributed by atoms with Gasteiger partial charge < -0.3 is 17.0 Å². The predicted octanol–water partition coefficient (Wildman–Crippen LogP) is -1.53. The Morgan fingerprint density at radius 3 is 2.20 bits per heavy atom. The van der Waals surface area contributed by atoms with Gasteiger partial charge in [0.15, 0.2) is 18.6 Å². The van der Waals surface area contributed by atoms with E-state index in [4.69, 9.17) is 0 Å². The maximum absolute atomic E-state index is 2.00.